The van der Waals surface area contributed by atoms with Crippen molar-refractivity contribution in [2.45, 2.75) is 45.4 Å². The number of amides is 1. The maximum absolute atomic E-state index is 12.2. The molecule has 140 valence electrons. The van der Waals surface area contributed by atoms with Gasteiger partial charge in [-0.25, -0.2) is 0 Å². The number of thioether (sulfide) groups is 1. The van der Waals surface area contributed by atoms with Gasteiger partial charge in [-0.1, -0.05) is 17.8 Å². The minimum Gasteiger partial charge on any atom is -0.369 e. The second-order valence-corrected chi connectivity index (χ2v) is 7.14. The highest BCUT2D eigenvalue weighted by Gasteiger charge is 2.12. The number of aryl methyl sites for hydroxylation is 1. The van der Waals surface area contributed by atoms with Crippen LogP contribution in [0.5, 0.6) is 0 Å². The van der Waals surface area contributed by atoms with Crippen LogP contribution in [0.25, 0.3) is 0 Å². The maximum atomic E-state index is 12.2. The molecule has 0 aliphatic heterocycles. The Balaban J connectivity index is 1.93. The lowest BCUT2D eigenvalue weighted by Gasteiger charge is -2.27. The maximum Gasteiger partial charge on any atom is 0.234 e. The van der Waals surface area contributed by atoms with Crippen LogP contribution >= 0.6 is 11.8 Å². The summed E-state index contributed by atoms with van der Waals surface area (Å²) >= 11 is 1.37. The van der Waals surface area contributed by atoms with Crippen molar-refractivity contribution in [1.82, 2.24) is 14.8 Å². The first-order valence-electron chi connectivity index (χ1n) is 8.76. The summed E-state index contributed by atoms with van der Waals surface area (Å²) in [5.41, 5.74) is 1.95. The highest BCUT2D eigenvalue weighted by Crippen LogP contribution is 2.21. The zero-order valence-electron chi connectivity index (χ0n) is 15.9. The zero-order valence-corrected chi connectivity index (χ0v) is 16.7. The first-order chi connectivity index (χ1) is 12.5. The van der Waals surface area contributed by atoms with E-state index in [9.17, 15) is 4.79 Å². The summed E-state index contributed by atoms with van der Waals surface area (Å²) in [6.07, 6.45) is 1.79. The molecule has 0 aliphatic rings. The minimum absolute atomic E-state index is 0.0650. The second-order valence-electron chi connectivity index (χ2n) is 6.19. The molecule has 1 amide bonds. The van der Waals surface area contributed by atoms with E-state index in [-0.39, 0.29) is 11.7 Å². The highest BCUT2D eigenvalue weighted by molar-refractivity contribution is 7.99. The Morgan fingerprint density at radius 3 is 2.62 bits per heavy atom. The van der Waals surface area contributed by atoms with Gasteiger partial charge in [0.05, 0.1) is 5.75 Å². The molecular weight excluding hydrogens is 346 g/mol. The molecule has 6 nitrogen and oxygen atoms in total. The molecule has 26 heavy (non-hydrogen) atoms. The van der Waals surface area contributed by atoms with Crippen molar-refractivity contribution < 1.29 is 4.79 Å². The van der Waals surface area contributed by atoms with Crippen LogP contribution in [-0.4, -0.2) is 39.0 Å². The molecule has 1 aromatic carbocycles. The monoisotopic (exact) mass is 373 g/mol. The van der Waals surface area contributed by atoms with E-state index in [1.165, 1.54) is 11.8 Å². The Bertz CT molecular complexity index is 739. The van der Waals surface area contributed by atoms with E-state index in [0.29, 0.717) is 12.6 Å². The van der Waals surface area contributed by atoms with Crippen LogP contribution in [0.1, 0.15) is 26.6 Å². The Labute approximate surface area is 159 Å². The molecule has 0 radical (unpaired) electrons. The molecule has 1 aromatic heterocycles. The number of anilines is 2. The van der Waals surface area contributed by atoms with Gasteiger partial charge in [0.1, 0.15) is 5.82 Å². The van der Waals surface area contributed by atoms with Crippen LogP contribution in [0.15, 0.2) is 42.1 Å². The third-order valence-corrected chi connectivity index (χ3v) is 4.96. The number of nitrogens with one attached hydrogen (secondary N) is 1. The zero-order chi connectivity index (χ0) is 19.1. The van der Waals surface area contributed by atoms with Crippen molar-refractivity contribution in [3.63, 3.8) is 0 Å². The summed E-state index contributed by atoms with van der Waals surface area (Å²) in [5, 5.41) is 11.8. The predicted octanol–water partition coefficient (Wildman–Crippen LogP) is 3.74. The predicted molar refractivity (Wildman–Crippen MR) is 109 cm³/mol. The Kier molecular flexibility index (Phi) is 7.26. The van der Waals surface area contributed by atoms with E-state index >= 15 is 0 Å². The smallest absolute Gasteiger partial charge is 0.234 e. The van der Waals surface area contributed by atoms with Crippen LogP contribution in [0, 0.1) is 6.92 Å². The summed E-state index contributed by atoms with van der Waals surface area (Å²) in [4.78, 5) is 14.5. The van der Waals surface area contributed by atoms with Gasteiger partial charge in [-0.2, -0.15) is 0 Å². The molecule has 0 bridgehead atoms. The van der Waals surface area contributed by atoms with Crippen molar-refractivity contribution >= 4 is 29.0 Å². The highest BCUT2D eigenvalue weighted by atomic mass is 32.2. The molecule has 0 atom stereocenters. The molecule has 2 rings (SSSR count). The minimum atomic E-state index is -0.0650. The molecule has 1 N–H and O–H groups in total. The number of carbonyl (C=O) groups excluding carboxylic acids is 1. The summed E-state index contributed by atoms with van der Waals surface area (Å²) in [6.45, 7) is 13.7. The number of carbonyl (C=O) groups is 1. The molecular formula is C19H27N5OS. The summed E-state index contributed by atoms with van der Waals surface area (Å²) in [5.74, 6) is 1.03. The van der Waals surface area contributed by atoms with Gasteiger partial charge in [-0.3, -0.25) is 4.79 Å². The van der Waals surface area contributed by atoms with Crippen molar-refractivity contribution in [2.24, 2.45) is 0 Å². The van der Waals surface area contributed by atoms with Crippen LogP contribution in [-0.2, 0) is 11.3 Å². The van der Waals surface area contributed by atoms with Gasteiger partial charge in [0.15, 0.2) is 5.16 Å². The summed E-state index contributed by atoms with van der Waals surface area (Å²) in [7, 11) is 0. The Morgan fingerprint density at radius 1 is 1.35 bits per heavy atom. The molecule has 2 aromatic rings. The topological polar surface area (TPSA) is 63.1 Å². The number of hydrogen-bond donors (Lipinski definition) is 1. The number of rotatable bonds is 9. The lowest BCUT2D eigenvalue weighted by atomic mass is 10.2. The number of aromatic nitrogens is 3. The average Bonchev–Trinajstić information content (AvgIpc) is 2.95. The summed E-state index contributed by atoms with van der Waals surface area (Å²) < 4.78 is 1.94. The SMILES string of the molecule is C=CCn1c(C)nnc1SCC(=O)Nc1ccc(N(CC)C(C)C)cc1. The van der Waals surface area contributed by atoms with E-state index < -0.39 is 0 Å². The molecule has 0 unspecified atom stereocenters. The Morgan fingerprint density at radius 2 is 2.04 bits per heavy atom. The number of benzene rings is 1. The van der Waals surface area contributed by atoms with Crippen molar-refractivity contribution in [3.05, 3.63) is 42.7 Å². The Hall–Kier alpha value is -2.28. The second kappa shape index (κ2) is 9.43. The number of allylic oxidation sites excluding steroid dienone is 1. The van der Waals surface area contributed by atoms with E-state index in [1.807, 2.05) is 35.8 Å². The van der Waals surface area contributed by atoms with Gasteiger partial charge in [0.2, 0.25) is 5.91 Å². The van der Waals surface area contributed by atoms with Crippen LogP contribution < -0.4 is 10.2 Å². The summed E-state index contributed by atoms with van der Waals surface area (Å²) in [6, 6.07) is 8.39. The van der Waals surface area contributed by atoms with Gasteiger partial charge >= 0.3 is 0 Å². The van der Waals surface area contributed by atoms with E-state index in [1.54, 1.807) is 6.08 Å². The quantitative estimate of drug-likeness (QED) is 0.536. The fraction of sp³-hybridized carbons (Fsp3) is 0.421. The van der Waals surface area contributed by atoms with Crippen LogP contribution in [0.2, 0.25) is 0 Å². The normalized spacial score (nSPS) is 10.8. The van der Waals surface area contributed by atoms with E-state index in [4.69, 9.17) is 0 Å². The standard InChI is InChI=1S/C19H27N5OS/c1-6-12-24-15(5)21-22-19(24)26-13-18(25)20-16-8-10-17(11-9-16)23(7-2)14(3)4/h6,8-11,14H,1,7,12-13H2,2-5H3,(H,20,25). The van der Waals surface area contributed by atoms with Gasteiger partial charge in [-0.05, 0) is 52.0 Å². The average molecular weight is 374 g/mol. The number of hydrogen-bond acceptors (Lipinski definition) is 5. The van der Waals surface area contributed by atoms with Crippen molar-refractivity contribution in [2.75, 3.05) is 22.5 Å². The van der Waals surface area contributed by atoms with Crippen molar-refractivity contribution in [1.29, 1.82) is 0 Å². The van der Waals surface area contributed by atoms with Crippen LogP contribution in [0.3, 0.4) is 0 Å². The number of nitrogens with zero attached hydrogens (tertiary/aromatic N) is 4. The molecule has 0 saturated carbocycles. The molecule has 0 saturated heterocycles. The van der Waals surface area contributed by atoms with E-state index in [0.717, 1.165) is 28.9 Å². The van der Waals surface area contributed by atoms with Gasteiger partial charge < -0.3 is 14.8 Å². The third kappa shape index (κ3) is 5.11. The lowest BCUT2D eigenvalue weighted by molar-refractivity contribution is -0.113. The molecule has 7 heteroatoms. The fourth-order valence-corrected chi connectivity index (χ4v) is 3.51. The van der Waals surface area contributed by atoms with Gasteiger partial charge in [0.25, 0.3) is 0 Å². The third-order valence-electron chi connectivity index (χ3n) is 3.99. The van der Waals surface area contributed by atoms with Gasteiger partial charge in [0, 0.05) is 30.5 Å². The molecule has 0 fully saturated rings. The lowest BCUT2D eigenvalue weighted by Crippen LogP contribution is -2.30. The molecule has 0 spiro atoms. The largest absolute Gasteiger partial charge is 0.369 e. The first-order valence-corrected chi connectivity index (χ1v) is 9.74. The molecule has 0 aliphatic carbocycles. The van der Waals surface area contributed by atoms with Gasteiger partial charge in [-0.15, -0.1) is 16.8 Å². The fourth-order valence-electron chi connectivity index (χ4n) is 2.72. The first kappa shape index (κ1) is 20.0. The van der Waals surface area contributed by atoms with Crippen molar-refractivity contribution in [3.8, 4) is 0 Å². The van der Waals surface area contributed by atoms with E-state index in [2.05, 4.69) is 47.8 Å². The van der Waals surface area contributed by atoms with Crippen LogP contribution in [0.4, 0.5) is 11.4 Å². The molecule has 1 heterocycles.